The van der Waals surface area contributed by atoms with Gasteiger partial charge in [0.2, 0.25) is 5.91 Å². The van der Waals surface area contributed by atoms with Crippen molar-refractivity contribution in [1.29, 1.82) is 0 Å². The second-order valence-electron chi connectivity index (χ2n) is 7.97. The summed E-state index contributed by atoms with van der Waals surface area (Å²) >= 11 is 0. The van der Waals surface area contributed by atoms with Crippen molar-refractivity contribution >= 4 is 5.91 Å². The smallest absolute Gasteiger partial charge is 0.234 e. The summed E-state index contributed by atoms with van der Waals surface area (Å²) in [7, 11) is 0. The van der Waals surface area contributed by atoms with Crippen LogP contribution >= 0.6 is 0 Å². The molecule has 1 rings (SSSR count). The first-order chi connectivity index (χ1) is 14.7. The lowest BCUT2D eigenvalue weighted by Gasteiger charge is -2.14. The van der Waals surface area contributed by atoms with Gasteiger partial charge >= 0.3 is 0 Å². The Morgan fingerprint density at radius 1 is 0.867 bits per heavy atom. The van der Waals surface area contributed by atoms with Crippen molar-refractivity contribution in [3.8, 4) is 0 Å². The quantitative estimate of drug-likeness (QED) is 0.168. The summed E-state index contributed by atoms with van der Waals surface area (Å²) in [6, 6.07) is 10.5. The zero-order valence-electron chi connectivity index (χ0n) is 19.1. The van der Waals surface area contributed by atoms with Crippen LogP contribution in [0.5, 0.6) is 0 Å². The minimum Gasteiger partial charge on any atom is -0.291 e. The van der Waals surface area contributed by atoms with Crippen LogP contribution in [0.1, 0.15) is 83.6 Å². The van der Waals surface area contributed by atoms with Gasteiger partial charge in [-0.3, -0.25) is 10.2 Å². The highest BCUT2D eigenvalue weighted by Gasteiger charge is 2.05. The first kappa shape index (κ1) is 25.9. The Labute approximate surface area is 184 Å². The number of benzene rings is 1. The van der Waals surface area contributed by atoms with E-state index >= 15 is 0 Å². The number of rotatable bonds is 17. The summed E-state index contributed by atoms with van der Waals surface area (Å²) in [4.78, 5) is 11.9. The van der Waals surface area contributed by atoms with Crippen molar-refractivity contribution in [1.82, 2.24) is 10.9 Å². The Kier molecular flexibility index (Phi) is 16.3. The molecule has 3 nitrogen and oxygen atoms in total. The minimum atomic E-state index is 0.0911. The summed E-state index contributed by atoms with van der Waals surface area (Å²) < 4.78 is 0. The van der Waals surface area contributed by atoms with E-state index in [4.69, 9.17) is 0 Å². The molecule has 2 N–H and O–H groups in total. The van der Waals surface area contributed by atoms with Crippen LogP contribution in [-0.2, 0) is 11.2 Å². The number of nitrogens with one attached hydrogen (secondary N) is 2. The number of hydrogen-bond donors (Lipinski definition) is 2. The molecule has 30 heavy (non-hydrogen) atoms. The van der Waals surface area contributed by atoms with Crippen molar-refractivity contribution < 1.29 is 4.79 Å². The fourth-order valence-electron chi connectivity index (χ4n) is 3.16. The number of unbranched alkanes of at least 4 members (excludes halogenated alkanes) is 7. The van der Waals surface area contributed by atoms with E-state index < -0.39 is 0 Å². The summed E-state index contributed by atoms with van der Waals surface area (Å²) in [5, 5.41) is 0. The molecule has 1 aromatic rings. The number of amides is 1. The van der Waals surface area contributed by atoms with Crippen LogP contribution in [0.3, 0.4) is 0 Å². The van der Waals surface area contributed by atoms with Crippen molar-refractivity contribution in [2.75, 3.05) is 0 Å². The Hall–Kier alpha value is -2.13. The van der Waals surface area contributed by atoms with E-state index in [0.717, 1.165) is 25.7 Å². The number of hydrogen-bond acceptors (Lipinski definition) is 2. The molecule has 0 aromatic heterocycles. The van der Waals surface area contributed by atoms with Crippen LogP contribution in [0.4, 0.5) is 0 Å². The molecule has 3 heteroatoms. The lowest BCUT2D eigenvalue weighted by molar-refractivity contribution is -0.122. The highest BCUT2D eigenvalue weighted by molar-refractivity contribution is 5.75. The van der Waals surface area contributed by atoms with Gasteiger partial charge in [0.25, 0.3) is 0 Å². The predicted octanol–water partition coefficient (Wildman–Crippen LogP) is 6.83. The van der Waals surface area contributed by atoms with Crippen LogP contribution in [0.15, 0.2) is 66.8 Å². The van der Waals surface area contributed by atoms with Gasteiger partial charge in [-0.15, -0.1) is 0 Å². The normalized spacial score (nSPS) is 12.9. The first-order valence-corrected chi connectivity index (χ1v) is 11.8. The molecule has 1 unspecified atom stereocenters. The molecule has 0 saturated heterocycles. The van der Waals surface area contributed by atoms with E-state index in [-0.39, 0.29) is 11.9 Å². The van der Waals surface area contributed by atoms with E-state index in [1.54, 1.807) is 0 Å². The molecule has 0 fully saturated rings. The van der Waals surface area contributed by atoms with Crippen molar-refractivity contribution in [3.63, 3.8) is 0 Å². The number of allylic oxidation sites excluding steroid dienone is 6. The predicted molar refractivity (Wildman–Crippen MR) is 130 cm³/mol. The fourth-order valence-corrected chi connectivity index (χ4v) is 3.16. The first-order valence-electron chi connectivity index (χ1n) is 11.8. The molecule has 0 saturated carbocycles. The summed E-state index contributed by atoms with van der Waals surface area (Å²) in [5.41, 5.74) is 7.23. The molecule has 0 radical (unpaired) electrons. The van der Waals surface area contributed by atoms with E-state index in [0.29, 0.717) is 6.42 Å². The van der Waals surface area contributed by atoms with Crippen LogP contribution < -0.4 is 10.9 Å². The van der Waals surface area contributed by atoms with Gasteiger partial charge in [-0.05, 0) is 44.6 Å². The molecular formula is C27H42N2O. The minimum absolute atomic E-state index is 0.0911. The zero-order chi connectivity index (χ0) is 21.7. The third-order valence-corrected chi connectivity index (χ3v) is 4.95. The van der Waals surface area contributed by atoms with E-state index in [1.807, 2.05) is 18.2 Å². The van der Waals surface area contributed by atoms with Gasteiger partial charge in [-0.1, -0.05) is 106 Å². The van der Waals surface area contributed by atoms with Crippen molar-refractivity contribution in [2.24, 2.45) is 0 Å². The average molecular weight is 411 g/mol. The topological polar surface area (TPSA) is 41.1 Å². The van der Waals surface area contributed by atoms with Gasteiger partial charge in [0.05, 0.1) is 0 Å². The molecule has 0 aliphatic rings. The molecule has 1 aromatic carbocycles. The molecule has 0 aliphatic carbocycles. The van der Waals surface area contributed by atoms with E-state index in [9.17, 15) is 4.79 Å². The summed E-state index contributed by atoms with van der Waals surface area (Å²) in [6.07, 6.45) is 25.1. The Morgan fingerprint density at radius 2 is 1.50 bits per heavy atom. The summed E-state index contributed by atoms with van der Waals surface area (Å²) in [6.45, 7) is 4.30. The average Bonchev–Trinajstić information content (AvgIpc) is 2.75. The molecular weight excluding hydrogens is 368 g/mol. The standard InChI is InChI=1S/C27H42N2O/c1-3-4-5-6-7-8-9-10-11-12-13-14-15-16-20-23-27(30)29-28-25(2)24-26-21-18-17-19-22-26/h6-11,17-19,21-22,25,28H,3-5,12-16,20,23-24H2,1-2H3,(H,29,30)/b7-6+,9-8+,11-10+. The maximum atomic E-state index is 11.9. The van der Waals surface area contributed by atoms with Gasteiger partial charge in [-0.2, -0.15) is 0 Å². The molecule has 166 valence electrons. The maximum absolute atomic E-state index is 11.9. The lowest BCUT2D eigenvalue weighted by atomic mass is 10.1. The van der Waals surface area contributed by atoms with Gasteiger partial charge in [0.1, 0.15) is 0 Å². The zero-order valence-corrected chi connectivity index (χ0v) is 19.1. The number of carbonyl (C=O) groups excluding carboxylic acids is 1. The van der Waals surface area contributed by atoms with Gasteiger partial charge in [0.15, 0.2) is 0 Å². The monoisotopic (exact) mass is 410 g/mol. The molecule has 0 spiro atoms. The second-order valence-corrected chi connectivity index (χ2v) is 7.97. The third-order valence-electron chi connectivity index (χ3n) is 4.95. The Bertz CT molecular complexity index is 619. The largest absolute Gasteiger partial charge is 0.291 e. The van der Waals surface area contributed by atoms with Gasteiger partial charge in [0, 0.05) is 12.5 Å². The van der Waals surface area contributed by atoms with Crippen molar-refractivity contribution in [3.05, 3.63) is 72.4 Å². The molecule has 0 heterocycles. The van der Waals surface area contributed by atoms with E-state index in [1.165, 1.54) is 44.1 Å². The third kappa shape index (κ3) is 15.8. The highest BCUT2D eigenvalue weighted by Crippen LogP contribution is 2.08. The Morgan fingerprint density at radius 3 is 2.20 bits per heavy atom. The maximum Gasteiger partial charge on any atom is 0.234 e. The Balaban J connectivity index is 1.92. The van der Waals surface area contributed by atoms with Crippen LogP contribution in [-0.4, -0.2) is 11.9 Å². The molecule has 0 bridgehead atoms. The lowest BCUT2D eigenvalue weighted by Crippen LogP contribution is -2.43. The van der Waals surface area contributed by atoms with Gasteiger partial charge < -0.3 is 0 Å². The number of carbonyl (C=O) groups is 1. The SMILES string of the molecule is CCCC/C=C/C=C/C=C/CCCCCCCC(=O)NNC(C)Cc1ccccc1. The molecule has 1 atom stereocenters. The van der Waals surface area contributed by atoms with Gasteiger partial charge in [-0.25, -0.2) is 5.43 Å². The molecule has 1 amide bonds. The number of hydrazine groups is 1. The molecule has 0 aliphatic heterocycles. The summed E-state index contributed by atoms with van der Waals surface area (Å²) in [5.74, 6) is 0.0911. The second kappa shape index (κ2) is 18.9. The van der Waals surface area contributed by atoms with E-state index in [2.05, 4.69) is 73.3 Å². The van der Waals surface area contributed by atoms with Crippen LogP contribution in [0.25, 0.3) is 0 Å². The fraction of sp³-hybridized carbons (Fsp3) is 0.519. The van der Waals surface area contributed by atoms with Crippen LogP contribution in [0, 0.1) is 0 Å². The van der Waals surface area contributed by atoms with Crippen LogP contribution in [0.2, 0.25) is 0 Å². The highest BCUT2D eigenvalue weighted by atomic mass is 16.2. The van der Waals surface area contributed by atoms with Crippen molar-refractivity contribution in [2.45, 2.75) is 90.5 Å².